The van der Waals surface area contributed by atoms with E-state index in [9.17, 15) is 19.3 Å². The Hall–Kier alpha value is -2.20. The van der Waals surface area contributed by atoms with Gasteiger partial charge in [0.25, 0.3) is 0 Å². The molecule has 0 radical (unpaired) electrons. The molecule has 1 aromatic rings. The third-order valence-electron chi connectivity index (χ3n) is 4.14. The van der Waals surface area contributed by atoms with E-state index in [0.29, 0.717) is 29.7 Å². The van der Waals surface area contributed by atoms with E-state index in [4.69, 9.17) is 9.47 Å². The molecule has 0 saturated carbocycles. The van der Waals surface area contributed by atoms with Crippen LogP contribution in [0.15, 0.2) is 11.6 Å². The van der Waals surface area contributed by atoms with Crippen molar-refractivity contribution in [3.63, 3.8) is 0 Å². The maximum Gasteiger partial charge on any atom is 0.342 e. The highest BCUT2D eigenvalue weighted by molar-refractivity contribution is 7.46. The zero-order valence-electron chi connectivity index (χ0n) is 13.8. The number of allylic oxidation sites excluding steroid dienone is 2. The van der Waals surface area contributed by atoms with Gasteiger partial charge in [0, 0.05) is 17.5 Å². The van der Waals surface area contributed by atoms with Gasteiger partial charge in [-0.15, -0.1) is 0 Å². The second-order valence-corrected chi connectivity index (χ2v) is 6.34. The minimum Gasteiger partial charge on any atom is -0.507 e. The largest absolute Gasteiger partial charge is 0.507 e. The molecule has 1 N–H and O–H groups in total. The summed E-state index contributed by atoms with van der Waals surface area (Å²) in [6, 6.07) is 0. The Balaban J connectivity index is 2.32. The van der Waals surface area contributed by atoms with Gasteiger partial charge in [0.15, 0.2) is 0 Å². The Morgan fingerprint density at radius 2 is 2.12 bits per heavy atom. The minimum absolute atomic E-state index is 0.117. The molecule has 2 rings (SSSR count). The molecule has 0 aliphatic carbocycles. The number of phenolic OH excluding ortho intramolecular Hbond substituents is 1. The van der Waals surface area contributed by atoms with Gasteiger partial charge in [-0.2, -0.15) is 0 Å². The van der Waals surface area contributed by atoms with Crippen molar-refractivity contribution >= 4 is 20.0 Å². The van der Waals surface area contributed by atoms with E-state index in [-0.39, 0.29) is 29.9 Å². The van der Waals surface area contributed by atoms with Crippen LogP contribution in [-0.2, 0) is 27.1 Å². The summed E-state index contributed by atoms with van der Waals surface area (Å²) in [5.74, 6) is -0.119. The van der Waals surface area contributed by atoms with E-state index in [1.807, 2.05) is 19.9 Å². The Kier molecular flexibility index (Phi) is 5.73. The predicted octanol–water partition coefficient (Wildman–Crippen LogP) is 3.47. The summed E-state index contributed by atoms with van der Waals surface area (Å²) in [7, 11) is 1.04. The first-order chi connectivity index (χ1) is 11.4. The number of ether oxygens (including phenoxy) is 2. The molecule has 0 atom stereocenters. The van der Waals surface area contributed by atoms with Crippen LogP contribution < -0.4 is 4.74 Å². The summed E-state index contributed by atoms with van der Waals surface area (Å²) in [5, 5.41) is 10.5. The molecular formula is C17H19O6P. The second kappa shape index (κ2) is 7.58. The first kappa shape index (κ1) is 18.1. The smallest absolute Gasteiger partial charge is 0.342 e. The molecule has 0 amide bonds. The van der Waals surface area contributed by atoms with Crippen molar-refractivity contribution in [1.29, 1.82) is 0 Å². The molecule has 128 valence electrons. The molecule has 0 spiro atoms. The van der Waals surface area contributed by atoms with Gasteiger partial charge >= 0.3 is 5.97 Å². The van der Waals surface area contributed by atoms with Crippen molar-refractivity contribution in [2.45, 2.75) is 39.7 Å². The number of hydrogen-bond acceptors (Lipinski definition) is 6. The van der Waals surface area contributed by atoms with Crippen molar-refractivity contribution in [2.24, 2.45) is 0 Å². The highest BCUT2D eigenvalue weighted by Crippen LogP contribution is 2.42. The van der Waals surface area contributed by atoms with Gasteiger partial charge in [-0.3, -0.25) is 9.36 Å². The maximum absolute atomic E-state index is 11.8. The highest BCUT2D eigenvalue weighted by atomic mass is 31.1. The molecule has 1 aliphatic heterocycles. The van der Waals surface area contributed by atoms with Crippen molar-refractivity contribution < 1.29 is 28.7 Å². The number of rotatable bonds is 7. The number of hydrogen-bond donors (Lipinski definition) is 1. The molecule has 24 heavy (non-hydrogen) atoms. The minimum atomic E-state index is -0.532. The molecular weight excluding hydrogens is 331 g/mol. The van der Waals surface area contributed by atoms with Crippen LogP contribution in [0, 0.1) is 6.92 Å². The van der Waals surface area contributed by atoms with Crippen LogP contribution in [0.3, 0.4) is 0 Å². The van der Waals surface area contributed by atoms with Gasteiger partial charge in [-0.25, -0.2) is 4.79 Å². The summed E-state index contributed by atoms with van der Waals surface area (Å²) in [4.78, 5) is 22.9. The summed E-state index contributed by atoms with van der Waals surface area (Å²) in [6.07, 6.45) is 2.90. The lowest BCUT2D eigenvalue weighted by molar-refractivity contribution is -0.111. The summed E-state index contributed by atoms with van der Waals surface area (Å²) in [5.41, 5.74) is 2.72. The maximum atomic E-state index is 11.8. The van der Waals surface area contributed by atoms with Gasteiger partial charge in [0.2, 0.25) is 14.0 Å². The first-order valence-electron chi connectivity index (χ1n) is 7.50. The fraction of sp³-hybridized carbons (Fsp3) is 0.412. The molecule has 0 saturated heterocycles. The lowest BCUT2D eigenvalue weighted by atomic mass is 9.94. The average molecular weight is 350 g/mol. The Morgan fingerprint density at radius 1 is 1.42 bits per heavy atom. The molecule has 1 heterocycles. The number of cyclic esters (lactones) is 1. The number of carbonyl (C=O) groups excluding carboxylic acids is 2. The summed E-state index contributed by atoms with van der Waals surface area (Å²) < 4.78 is 20.9. The Morgan fingerprint density at radius 3 is 2.75 bits per heavy atom. The molecule has 1 aromatic carbocycles. The number of methoxy groups -OCH3 is 1. The molecule has 1 aliphatic rings. The number of benzene rings is 1. The topological polar surface area (TPSA) is 89.9 Å². The molecule has 7 heteroatoms. The standard InChI is InChI=1S/C17H19O6P/c1-9(5-7-13(18)24-21)4-6-11-15(19)14-12(8-23-17(14)20)10(2)16(11)22-3/h4,19H,5-8H2,1-3H3/b9-4+. The van der Waals surface area contributed by atoms with Gasteiger partial charge in [-0.1, -0.05) is 11.6 Å². The van der Waals surface area contributed by atoms with E-state index in [1.54, 1.807) is 0 Å². The second-order valence-electron chi connectivity index (χ2n) is 5.65. The van der Waals surface area contributed by atoms with E-state index < -0.39 is 14.4 Å². The molecule has 0 bridgehead atoms. The van der Waals surface area contributed by atoms with E-state index in [0.717, 1.165) is 11.1 Å². The van der Waals surface area contributed by atoms with Crippen molar-refractivity contribution in [3.8, 4) is 11.5 Å². The van der Waals surface area contributed by atoms with Gasteiger partial charge < -0.3 is 14.6 Å². The SMILES string of the molecule is COc1c(C)c2c(c(O)c1C/C=C(\C)CCC(=O)P=O)C(=O)OC2. The van der Waals surface area contributed by atoms with E-state index in [1.165, 1.54) is 7.11 Å². The normalized spacial score (nSPS) is 13.8. The molecule has 0 fully saturated rings. The van der Waals surface area contributed by atoms with Crippen LogP contribution >= 0.6 is 8.46 Å². The van der Waals surface area contributed by atoms with E-state index >= 15 is 0 Å². The van der Waals surface area contributed by atoms with Crippen LogP contribution in [0.5, 0.6) is 11.5 Å². The lowest BCUT2D eigenvalue weighted by Crippen LogP contribution is -2.03. The average Bonchev–Trinajstić information content (AvgIpc) is 2.96. The van der Waals surface area contributed by atoms with Crippen molar-refractivity contribution in [2.75, 3.05) is 7.11 Å². The molecule has 0 unspecified atom stereocenters. The van der Waals surface area contributed by atoms with Crippen LogP contribution in [-0.4, -0.2) is 23.7 Å². The predicted molar refractivity (Wildman–Crippen MR) is 87.8 cm³/mol. The van der Waals surface area contributed by atoms with Gasteiger partial charge in [0.1, 0.15) is 23.7 Å². The lowest BCUT2D eigenvalue weighted by Gasteiger charge is -2.15. The fourth-order valence-corrected chi connectivity index (χ4v) is 2.96. The van der Waals surface area contributed by atoms with Gasteiger partial charge in [-0.05, 0) is 32.3 Å². The third-order valence-corrected chi connectivity index (χ3v) is 4.56. The monoisotopic (exact) mass is 350 g/mol. The number of phenols is 1. The number of carbonyl (C=O) groups is 2. The number of fused-ring (bicyclic) bond motifs is 1. The van der Waals surface area contributed by atoms with E-state index in [2.05, 4.69) is 0 Å². The highest BCUT2D eigenvalue weighted by Gasteiger charge is 2.31. The Bertz CT molecular complexity index is 735. The van der Waals surface area contributed by atoms with Crippen molar-refractivity contribution in [1.82, 2.24) is 0 Å². The van der Waals surface area contributed by atoms with Gasteiger partial charge in [0.05, 0.1) is 7.11 Å². The van der Waals surface area contributed by atoms with Crippen LogP contribution in [0.1, 0.15) is 46.8 Å². The quantitative estimate of drug-likeness (QED) is 0.460. The molecule has 6 nitrogen and oxygen atoms in total. The molecule has 0 aromatic heterocycles. The summed E-state index contributed by atoms with van der Waals surface area (Å²) in [6.45, 7) is 3.81. The fourth-order valence-electron chi connectivity index (χ4n) is 2.76. The Labute approximate surface area is 141 Å². The third kappa shape index (κ3) is 3.49. The first-order valence-corrected chi connectivity index (χ1v) is 8.32. The number of aromatic hydroxyl groups is 1. The van der Waals surface area contributed by atoms with Crippen molar-refractivity contribution in [3.05, 3.63) is 33.9 Å². The van der Waals surface area contributed by atoms with Crippen LogP contribution in [0.25, 0.3) is 0 Å². The van der Waals surface area contributed by atoms with Crippen LogP contribution in [0.2, 0.25) is 0 Å². The van der Waals surface area contributed by atoms with Crippen LogP contribution in [0.4, 0.5) is 0 Å². The zero-order chi connectivity index (χ0) is 17.9. The number of esters is 1. The zero-order valence-corrected chi connectivity index (χ0v) is 14.7. The summed E-state index contributed by atoms with van der Waals surface area (Å²) >= 11 is 0.